The van der Waals surface area contributed by atoms with E-state index in [0.717, 1.165) is 37.6 Å². The first-order valence-electron chi connectivity index (χ1n) is 9.51. The van der Waals surface area contributed by atoms with Crippen molar-refractivity contribution in [1.29, 1.82) is 0 Å². The fraction of sp³-hybridized carbons (Fsp3) is 0.400. The average Bonchev–Trinajstić information content (AvgIpc) is 3.19. The summed E-state index contributed by atoms with van der Waals surface area (Å²) in [6.45, 7) is 2.04. The summed E-state index contributed by atoms with van der Waals surface area (Å²) in [4.78, 5) is 19.3. The van der Waals surface area contributed by atoms with Crippen LogP contribution in [0.5, 0.6) is 6.01 Å². The van der Waals surface area contributed by atoms with Crippen molar-refractivity contribution in [3.8, 4) is 6.01 Å². The summed E-state index contributed by atoms with van der Waals surface area (Å²) in [5.74, 6) is 0.691. The SMILES string of the molecule is Cc1cnc(OC2CCCCC2)nc1C1=[CH][Sn][C](=Nc2ccc(CO)cn2)S1. The number of aryl methyl sites for hydroxylation is 1. The molecule has 1 aliphatic heterocycles. The van der Waals surface area contributed by atoms with E-state index in [-0.39, 0.29) is 12.7 Å². The Morgan fingerprint density at radius 2 is 2.07 bits per heavy atom. The monoisotopic (exact) mass is 502 g/mol. The fourth-order valence-electron chi connectivity index (χ4n) is 3.21. The molecule has 2 radical (unpaired) electrons. The van der Waals surface area contributed by atoms with Gasteiger partial charge < -0.3 is 0 Å². The molecule has 3 heterocycles. The van der Waals surface area contributed by atoms with Crippen LogP contribution in [0, 0.1) is 6.92 Å². The first kappa shape index (κ1) is 19.8. The van der Waals surface area contributed by atoms with Crippen molar-refractivity contribution in [3.63, 3.8) is 0 Å². The molecule has 28 heavy (non-hydrogen) atoms. The van der Waals surface area contributed by atoms with E-state index >= 15 is 0 Å². The van der Waals surface area contributed by atoms with Crippen LogP contribution >= 0.6 is 11.8 Å². The maximum absolute atomic E-state index is 9.12. The van der Waals surface area contributed by atoms with Gasteiger partial charge in [-0.25, -0.2) is 0 Å². The molecule has 0 amide bonds. The van der Waals surface area contributed by atoms with Gasteiger partial charge in [-0.2, -0.15) is 0 Å². The summed E-state index contributed by atoms with van der Waals surface area (Å²) >= 11 is 0.802. The second-order valence-corrected chi connectivity index (χ2v) is 12.0. The Balaban J connectivity index is 1.46. The van der Waals surface area contributed by atoms with Gasteiger partial charge in [0.2, 0.25) is 0 Å². The second kappa shape index (κ2) is 9.36. The normalized spacial score (nSPS) is 19.1. The fourth-order valence-corrected chi connectivity index (χ4v) is 8.34. The number of hydrogen-bond acceptors (Lipinski definition) is 7. The number of aliphatic imine (C=N–C) groups is 1. The third kappa shape index (κ3) is 4.93. The van der Waals surface area contributed by atoms with E-state index in [1.54, 1.807) is 18.0 Å². The zero-order valence-electron chi connectivity index (χ0n) is 15.8. The predicted octanol–water partition coefficient (Wildman–Crippen LogP) is 3.82. The molecule has 0 aromatic carbocycles. The molecule has 8 heteroatoms. The van der Waals surface area contributed by atoms with E-state index in [4.69, 9.17) is 19.8 Å². The third-order valence-electron chi connectivity index (χ3n) is 4.75. The van der Waals surface area contributed by atoms with Crippen molar-refractivity contribution in [3.05, 3.63) is 45.4 Å². The molecule has 2 aliphatic rings. The van der Waals surface area contributed by atoms with Crippen LogP contribution in [0.2, 0.25) is 0 Å². The van der Waals surface area contributed by atoms with Gasteiger partial charge in [0.15, 0.2) is 0 Å². The molecule has 6 nitrogen and oxygen atoms in total. The third-order valence-corrected chi connectivity index (χ3v) is 10.1. The van der Waals surface area contributed by atoms with E-state index in [0.29, 0.717) is 11.8 Å². The van der Waals surface area contributed by atoms with E-state index < -0.39 is 21.1 Å². The van der Waals surface area contributed by atoms with Crippen molar-refractivity contribution in [1.82, 2.24) is 15.0 Å². The number of aliphatic hydroxyl groups excluding tert-OH is 1. The van der Waals surface area contributed by atoms with Gasteiger partial charge in [-0.05, 0) is 0 Å². The molecule has 0 unspecified atom stereocenters. The topological polar surface area (TPSA) is 80.5 Å². The summed E-state index contributed by atoms with van der Waals surface area (Å²) in [6.07, 6.45) is 9.72. The average molecular weight is 501 g/mol. The molecule has 2 aromatic rings. The minimum atomic E-state index is -0.887. The Morgan fingerprint density at radius 1 is 1.21 bits per heavy atom. The molecule has 0 atom stereocenters. The molecule has 0 spiro atoms. The van der Waals surface area contributed by atoms with Crippen molar-refractivity contribution >= 4 is 46.7 Å². The summed E-state index contributed by atoms with van der Waals surface area (Å²) in [5, 5.41) is 9.12. The van der Waals surface area contributed by atoms with Crippen LogP contribution in [0.4, 0.5) is 5.82 Å². The Kier molecular flexibility index (Phi) is 6.64. The zero-order chi connectivity index (χ0) is 19.3. The number of pyridine rings is 1. The van der Waals surface area contributed by atoms with Crippen molar-refractivity contribution in [2.75, 3.05) is 0 Å². The number of hydrogen-bond donors (Lipinski definition) is 1. The Labute approximate surface area is 179 Å². The Morgan fingerprint density at radius 3 is 2.82 bits per heavy atom. The van der Waals surface area contributed by atoms with Crippen LogP contribution in [-0.2, 0) is 6.61 Å². The van der Waals surface area contributed by atoms with Gasteiger partial charge >= 0.3 is 180 Å². The summed E-state index contributed by atoms with van der Waals surface area (Å²) in [6, 6.07) is 4.20. The number of aromatic nitrogens is 3. The van der Waals surface area contributed by atoms with Gasteiger partial charge in [0, 0.05) is 0 Å². The molecule has 0 saturated heterocycles. The number of rotatable bonds is 5. The van der Waals surface area contributed by atoms with Crippen LogP contribution in [0.25, 0.3) is 4.91 Å². The van der Waals surface area contributed by atoms with Gasteiger partial charge in [-0.15, -0.1) is 0 Å². The molecule has 4 rings (SSSR count). The summed E-state index contributed by atoms with van der Waals surface area (Å²) in [7, 11) is 0. The minimum absolute atomic E-state index is 0.000729. The van der Waals surface area contributed by atoms with Gasteiger partial charge in [0.25, 0.3) is 0 Å². The molecule has 0 bridgehead atoms. The van der Waals surface area contributed by atoms with Crippen molar-refractivity contribution < 1.29 is 9.84 Å². The van der Waals surface area contributed by atoms with Gasteiger partial charge in [-0.1, -0.05) is 0 Å². The zero-order valence-corrected chi connectivity index (χ0v) is 19.4. The summed E-state index contributed by atoms with van der Waals surface area (Å²) < 4.78 is 9.51. The molecular weight excluding hydrogens is 479 g/mol. The Hall–Kier alpha value is -1.45. The van der Waals surface area contributed by atoms with E-state index in [1.165, 1.54) is 19.3 Å². The number of aliphatic hydroxyl groups is 1. The second-order valence-electron chi connectivity index (χ2n) is 6.92. The number of ether oxygens (including phenoxy) is 1. The quantitative estimate of drug-likeness (QED) is 0.628. The number of thioether (sulfide) groups is 1. The molecule has 1 N–H and O–H groups in total. The van der Waals surface area contributed by atoms with Crippen LogP contribution in [0.15, 0.2) is 33.6 Å². The van der Waals surface area contributed by atoms with Gasteiger partial charge in [-0.3, -0.25) is 0 Å². The molecule has 1 saturated carbocycles. The predicted molar refractivity (Wildman–Crippen MR) is 113 cm³/mol. The van der Waals surface area contributed by atoms with Crippen LogP contribution in [0.1, 0.15) is 48.9 Å². The van der Waals surface area contributed by atoms with Crippen LogP contribution < -0.4 is 4.74 Å². The molecular formula is C20H22N4O2SSn. The van der Waals surface area contributed by atoms with E-state index in [1.807, 2.05) is 25.3 Å². The number of nitrogens with zero attached hydrogens (tertiary/aromatic N) is 4. The maximum atomic E-state index is 9.12. The molecule has 1 fully saturated rings. The molecule has 2 aromatic heterocycles. The first-order chi connectivity index (χ1) is 13.7. The molecule has 1 aliphatic carbocycles. The van der Waals surface area contributed by atoms with E-state index in [2.05, 4.69) is 14.1 Å². The first-order valence-corrected chi connectivity index (χ1v) is 13.4. The Bertz CT molecular complexity index is 896. The standard InChI is InChI=1S/C20H22N4O2S.Sn/c1-14-10-22-20(26-17-6-4-3-5-7-17)24-19(14)15(2)27-13-23-18-9-8-16(12-25)11-21-18;/h2,8-11,17,25H,3-7,12H2,1H3;. The van der Waals surface area contributed by atoms with Gasteiger partial charge in [0.05, 0.1) is 0 Å². The van der Waals surface area contributed by atoms with Crippen molar-refractivity contribution in [2.24, 2.45) is 4.99 Å². The van der Waals surface area contributed by atoms with Crippen LogP contribution in [-0.4, -0.2) is 50.4 Å². The van der Waals surface area contributed by atoms with Gasteiger partial charge in [0.1, 0.15) is 0 Å². The van der Waals surface area contributed by atoms with Crippen LogP contribution in [0.3, 0.4) is 0 Å². The summed E-state index contributed by atoms with van der Waals surface area (Å²) in [5.41, 5.74) is 2.81. The van der Waals surface area contributed by atoms with E-state index in [9.17, 15) is 0 Å². The van der Waals surface area contributed by atoms with Crippen molar-refractivity contribution in [2.45, 2.75) is 51.7 Å². The molecule has 144 valence electrons.